The van der Waals surface area contributed by atoms with E-state index < -0.39 is 28.9 Å². The number of fused-ring (bicyclic) bond motifs is 1. The van der Waals surface area contributed by atoms with E-state index in [0.717, 1.165) is 48.6 Å². The van der Waals surface area contributed by atoms with Crippen molar-refractivity contribution < 1.29 is 41.1 Å². The molecular weight excluding hydrogens is 727 g/mol. The summed E-state index contributed by atoms with van der Waals surface area (Å²) < 4.78 is 90.9. The molecule has 0 unspecified atom stereocenters. The molecule has 2 fully saturated rings. The van der Waals surface area contributed by atoms with Gasteiger partial charge >= 0.3 is 12.5 Å². The maximum atomic E-state index is 13.8. The highest BCUT2D eigenvalue weighted by Crippen LogP contribution is 2.50. The van der Waals surface area contributed by atoms with Gasteiger partial charge in [0, 0.05) is 28.9 Å². The summed E-state index contributed by atoms with van der Waals surface area (Å²) in [6.45, 7) is 9.62. The maximum absolute atomic E-state index is 13.8. The summed E-state index contributed by atoms with van der Waals surface area (Å²) in [6, 6.07) is 8.76. The van der Waals surface area contributed by atoms with E-state index in [9.17, 15) is 26.3 Å². The zero-order valence-electron chi connectivity index (χ0n) is 33.8. The van der Waals surface area contributed by atoms with Gasteiger partial charge in [0.05, 0.1) is 19.2 Å². The van der Waals surface area contributed by atoms with Crippen LogP contribution in [0, 0.1) is 11.8 Å². The molecule has 2 saturated carbocycles. The Balaban J connectivity index is 1.31. The minimum atomic E-state index is -4.78. The second-order valence-corrected chi connectivity index (χ2v) is 17.1. The first kappa shape index (κ1) is 43.5. The summed E-state index contributed by atoms with van der Waals surface area (Å²) >= 11 is 0. The van der Waals surface area contributed by atoms with Gasteiger partial charge in [-0.15, -0.1) is 13.2 Å². The van der Waals surface area contributed by atoms with E-state index in [1.54, 1.807) is 19.2 Å². The van der Waals surface area contributed by atoms with Crippen molar-refractivity contribution in [1.29, 1.82) is 0 Å². The van der Waals surface area contributed by atoms with Crippen LogP contribution < -0.4 is 15.0 Å². The van der Waals surface area contributed by atoms with Crippen LogP contribution in [-0.2, 0) is 21.7 Å². The Hall–Kier alpha value is -3.66. The van der Waals surface area contributed by atoms with Gasteiger partial charge < -0.3 is 19.7 Å². The minimum Gasteiger partial charge on any atom is -0.497 e. The minimum absolute atomic E-state index is 0.231. The molecule has 2 aliphatic carbocycles. The quantitative estimate of drug-likeness (QED) is 0.0846. The predicted molar refractivity (Wildman–Crippen MR) is 213 cm³/mol. The van der Waals surface area contributed by atoms with Crippen molar-refractivity contribution in [3.05, 3.63) is 101 Å². The van der Waals surface area contributed by atoms with Crippen molar-refractivity contribution >= 4 is 11.4 Å². The topological polar surface area (TPSA) is 38.3 Å². The summed E-state index contributed by atoms with van der Waals surface area (Å²) in [5.41, 5.74) is 2.41. The lowest BCUT2D eigenvalue weighted by Gasteiger charge is -2.29. The largest absolute Gasteiger partial charge is 0.573 e. The van der Waals surface area contributed by atoms with E-state index in [4.69, 9.17) is 4.74 Å². The van der Waals surface area contributed by atoms with Crippen LogP contribution in [-0.4, -0.2) is 26.6 Å². The third-order valence-corrected chi connectivity index (χ3v) is 12.1. The molecule has 4 nitrogen and oxygen atoms in total. The lowest BCUT2D eigenvalue weighted by atomic mass is 9.79. The fourth-order valence-corrected chi connectivity index (χ4v) is 8.89. The molecule has 5 rings (SSSR count). The molecule has 10 heteroatoms. The molecule has 0 spiro atoms. The van der Waals surface area contributed by atoms with Gasteiger partial charge in [-0.1, -0.05) is 110 Å². The number of methoxy groups -OCH3 is 1. The molecule has 56 heavy (non-hydrogen) atoms. The van der Waals surface area contributed by atoms with Gasteiger partial charge in [0.15, 0.2) is 0 Å². The van der Waals surface area contributed by atoms with E-state index in [-0.39, 0.29) is 5.75 Å². The normalized spacial score (nSPS) is 19.7. The number of allylic oxidation sites excluding steroid dienone is 7. The van der Waals surface area contributed by atoms with Crippen molar-refractivity contribution in [1.82, 2.24) is 0 Å². The standard InChI is InChI=1S/C46H60F6N2O2/c1-43(2,38-31-35(45(47,48)49)22-24-40(38)53-29-26-33-15-8-6-9-16-33)28-13-12-19-36(55-5)20-14-21-42-44(3,4)39-32-37(56-46(50,51)52)23-25-41(39)54(42)30-27-34-17-10-7-11-18-34/h12-14,19-25,31-34,53H,6-11,15-18,26-30H2,1-5H3/p+1/b13-12+,20-14+,36-19-,42-21+. The number of alkyl halides is 6. The molecule has 1 aliphatic heterocycles. The molecule has 1 heterocycles. The Morgan fingerprint density at radius 3 is 2.14 bits per heavy atom. The third kappa shape index (κ3) is 11.7. The van der Waals surface area contributed by atoms with Crippen LogP contribution in [0.1, 0.15) is 128 Å². The van der Waals surface area contributed by atoms with Gasteiger partial charge in [-0.2, -0.15) is 13.2 Å². The van der Waals surface area contributed by atoms with Gasteiger partial charge in [-0.25, -0.2) is 0 Å². The SMILES string of the molecule is COC(=C\C=C\CC(C)(C)c1cc(C(F)(F)F)ccc1[NH2+]CCC1CCCCC1)/C=C/C=C1/N(CCC2CCCCC2)c2ccc(OC(F)(F)F)cc2C1(C)C. The lowest BCUT2D eigenvalue weighted by Crippen LogP contribution is -2.79. The smallest absolute Gasteiger partial charge is 0.497 e. The van der Waals surface area contributed by atoms with E-state index in [0.29, 0.717) is 29.6 Å². The average molecular weight is 788 g/mol. The van der Waals surface area contributed by atoms with Crippen LogP contribution in [0.25, 0.3) is 0 Å². The number of nitrogens with zero attached hydrogens (tertiary/aromatic N) is 1. The van der Waals surface area contributed by atoms with Crippen LogP contribution >= 0.6 is 0 Å². The number of benzene rings is 2. The lowest BCUT2D eigenvalue weighted by molar-refractivity contribution is -0.573. The zero-order chi connectivity index (χ0) is 40.6. The Labute approximate surface area is 330 Å². The average Bonchev–Trinajstić information content (AvgIpc) is 3.35. The zero-order valence-corrected chi connectivity index (χ0v) is 33.8. The van der Waals surface area contributed by atoms with Crippen LogP contribution in [0.15, 0.2) is 84.3 Å². The van der Waals surface area contributed by atoms with Crippen molar-refractivity contribution in [2.24, 2.45) is 11.8 Å². The molecule has 0 aromatic heterocycles. The molecule has 0 radical (unpaired) electrons. The Bertz CT molecular complexity index is 1720. The fraction of sp³-hybridized carbons (Fsp3) is 0.565. The van der Waals surface area contributed by atoms with Crippen LogP contribution in [0.2, 0.25) is 0 Å². The molecule has 0 amide bonds. The molecule has 0 saturated heterocycles. The maximum Gasteiger partial charge on any atom is 0.573 e. The number of rotatable bonds is 15. The number of ether oxygens (including phenoxy) is 2. The summed E-state index contributed by atoms with van der Waals surface area (Å²) in [5, 5.41) is 2.12. The Kier molecular flexibility index (Phi) is 14.5. The first-order chi connectivity index (χ1) is 26.5. The molecule has 0 bridgehead atoms. The Morgan fingerprint density at radius 1 is 0.857 bits per heavy atom. The molecule has 308 valence electrons. The molecule has 0 atom stereocenters. The molecular formula is C46H61F6N2O2+. The van der Waals surface area contributed by atoms with Crippen molar-refractivity contribution in [2.45, 2.75) is 135 Å². The number of hydrogen-bond donors (Lipinski definition) is 1. The second kappa shape index (κ2) is 18.7. The summed E-state index contributed by atoms with van der Waals surface area (Å²) in [6.07, 6.45) is 17.2. The summed E-state index contributed by atoms with van der Waals surface area (Å²) in [7, 11) is 1.58. The first-order valence-electron chi connectivity index (χ1n) is 20.5. The number of hydrogen-bond acceptors (Lipinski definition) is 3. The van der Waals surface area contributed by atoms with Crippen LogP contribution in [0.5, 0.6) is 5.75 Å². The van der Waals surface area contributed by atoms with Gasteiger partial charge in [-0.05, 0) is 96.7 Å². The van der Waals surface area contributed by atoms with Gasteiger partial charge in [-0.3, -0.25) is 0 Å². The van der Waals surface area contributed by atoms with Gasteiger partial charge in [0.1, 0.15) is 17.2 Å². The predicted octanol–water partition coefficient (Wildman–Crippen LogP) is 12.7. The second-order valence-electron chi connectivity index (χ2n) is 17.1. The number of quaternary nitrogens is 1. The van der Waals surface area contributed by atoms with Crippen LogP contribution in [0.3, 0.4) is 0 Å². The third-order valence-electron chi connectivity index (χ3n) is 12.1. The molecule has 2 aromatic rings. The van der Waals surface area contributed by atoms with E-state index >= 15 is 0 Å². The number of anilines is 1. The van der Waals surface area contributed by atoms with Gasteiger partial charge in [0.2, 0.25) is 0 Å². The van der Waals surface area contributed by atoms with E-state index in [1.165, 1.54) is 88.5 Å². The number of nitrogens with two attached hydrogens (primary N) is 1. The summed E-state index contributed by atoms with van der Waals surface area (Å²) in [5.74, 6) is 1.67. The molecule has 2 N–H and O–H groups in total. The number of halogens is 6. The monoisotopic (exact) mass is 787 g/mol. The Morgan fingerprint density at radius 2 is 1.52 bits per heavy atom. The highest BCUT2D eigenvalue weighted by atomic mass is 19.4. The highest BCUT2D eigenvalue weighted by Gasteiger charge is 2.41. The van der Waals surface area contributed by atoms with E-state index in [1.807, 2.05) is 64.2 Å². The van der Waals surface area contributed by atoms with Crippen molar-refractivity contribution in [2.75, 3.05) is 25.1 Å². The molecule has 3 aliphatic rings. The van der Waals surface area contributed by atoms with E-state index in [2.05, 4.69) is 15.0 Å². The molecule has 2 aromatic carbocycles. The van der Waals surface area contributed by atoms with Gasteiger partial charge in [0.25, 0.3) is 0 Å². The fourth-order valence-electron chi connectivity index (χ4n) is 8.89. The first-order valence-corrected chi connectivity index (χ1v) is 20.5. The van der Waals surface area contributed by atoms with Crippen LogP contribution in [0.4, 0.5) is 37.7 Å². The summed E-state index contributed by atoms with van der Waals surface area (Å²) in [4.78, 5) is 2.24. The van der Waals surface area contributed by atoms with Crippen molar-refractivity contribution in [3.63, 3.8) is 0 Å². The highest BCUT2D eigenvalue weighted by molar-refractivity contribution is 5.72. The van der Waals surface area contributed by atoms with Crippen molar-refractivity contribution in [3.8, 4) is 5.75 Å².